The molecule has 0 saturated carbocycles. The molecule has 1 fully saturated rings. The molecule has 0 radical (unpaired) electrons. The molecule has 0 N–H and O–H groups in total. The molecule has 0 amide bonds. The van der Waals surface area contributed by atoms with Crippen molar-refractivity contribution in [2.24, 2.45) is 0 Å². The highest BCUT2D eigenvalue weighted by atomic mass is 32.1. The first-order valence-electron chi connectivity index (χ1n) is 5.20. The molecule has 0 aromatic carbocycles. The zero-order chi connectivity index (χ0) is 10.0. The summed E-state index contributed by atoms with van der Waals surface area (Å²) in [5.41, 5.74) is 0. The van der Waals surface area contributed by atoms with Gasteiger partial charge in [-0.2, -0.15) is 12.6 Å². The number of hydrogen-bond donors (Lipinski definition) is 1. The van der Waals surface area contributed by atoms with E-state index in [9.17, 15) is 0 Å². The van der Waals surface area contributed by atoms with Gasteiger partial charge >= 0.3 is 0 Å². The van der Waals surface area contributed by atoms with Crippen LogP contribution in [0.2, 0.25) is 0 Å². The first-order valence-corrected chi connectivity index (χ1v) is 5.72. The van der Waals surface area contributed by atoms with Gasteiger partial charge in [-0.3, -0.25) is 9.80 Å². The molecule has 1 rings (SSSR count). The molecule has 0 aromatic heterocycles. The molecule has 1 heterocycles. The van der Waals surface area contributed by atoms with Gasteiger partial charge in [-0.15, -0.1) is 0 Å². The van der Waals surface area contributed by atoms with E-state index in [0.717, 1.165) is 6.54 Å². The number of rotatable bonds is 2. The van der Waals surface area contributed by atoms with Crippen LogP contribution in [0.15, 0.2) is 0 Å². The standard InChI is InChI=1S/C10H22N2S/c1-8(2)11-5-6-12(10(4)13)9(3)7-11/h8-10,13H,5-7H2,1-4H3/t9-,10?/m1/s1. The molecule has 0 aromatic rings. The normalized spacial score (nSPS) is 29.5. The summed E-state index contributed by atoms with van der Waals surface area (Å²) in [7, 11) is 0. The topological polar surface area (TPSA) is 6.48 Å². The Morgan fingerprint density at radius 2 is 1.85 bits per heavy atom. The minimum Gasteiger partial charge on any atom is -0.298 e. The van der Waals surface area contributed by atoms with Crippen molar-refractivity contribution in [1.29, 1.82) is 0 Å². The molecule has 0 spiro atoms. The van der Waals surface area contributed by atoms with Crippen LogP contribution >= 0.6 is 12.6 Å². The van der Waals surface area contributed by atoms with Crippen molar-refractivity contribution >= 4 is 12.6 Å². The first kappa shape index (κ1) is 11.3. The van der Waals surface area contributed by atoms with Crippen molar-refractivity contribution in [2.75, 3.05) is 19.6 Å². The van der Waals surface area contributed by atoms with E-state index in [4.69, 9.17) is 0 Å². The van der Waals surface area contributed by atoms with E-state index in [1.807, 2.05) is 0 Å². The molecule has 1 saturated heterocycles. The predicted molar refractivity (Wildman–Crippen MR) is 61.3 cm³/mol. The molecule has 1 aliphatic rings. The fourth-order valence-electron chi connectivity index (χ4n) is 2.02. The largest absolute Gasteiger partial charge is 0.298 e. The average Bonchev–Trinajstić information content (AvgIpc) is 2.03. The van der Waals surface area contributed by atoms with Crippen LogP contribution in [-0.4, -0.2) is 46.9 Å². The number of nitrogens with zero attached hydrogens (tertiary/aromatic N) is 2. The summed E-state index contributed by atoms with van der Waals surface area (Å²) in [6.45, 7) is 12.5. The van der Waals surface area contributed by atoms with Crippen molar-refractivity contribution < 1.29 is 0 Å². The third kappa shape index (κ3) is 2.86. The van der Waals surface area contributed by atoms with Crippen LogP contribution in [0.4, 0.5) is 0 Å². The molecule has 2 nitrogen and oxygen atoms in total. The van der Waals surface area contributed by atoms with Crippen LogP contribution in [0.3, 0.4) is 0 Å². The van der Waals surface area contributed by atoms with Gasteiger partial charge < -0.3 is 0 Å². The van der Waals surface area contributed by atoms with Gasteiger partial charge in [-0.1, -0.05) is 0 Å². The summed E-state index contributed by atoms with van der Waals surface area (Å²) < 4.78 is 0. The smallest absolute Gasteiger partial charge is 0.0502 e. The first-order chi connectivity index (χ1) is 6.02. The van der Waals surface area contributed by atoms with Gasteiger partial charge in [-0.05, 0) is 27.7 Å². The summed E-state index contributed by atoms with van der Waals surface area (Å²) in [6.07, 6.45) is 0. The van der Waals surface area contributed by atoms with Crippen LogP contribution in [0, 0.1) is 0 Å². The Bertz CT molecular complexity index is 159. The van der Waals surface area contributed by atoms with Gasteiger partial charge in [0.25, 0.3) is 0 Å². The monoisotopic (exact) mass is 202 g/mol. The second kappa shape index (κ2) is 4.67. The highest BCUT2D eigenvalue weighted by Crippen LogP contribution is 2.16. The molecular formula is C10H22N2S. The maximum absolute atomic E-state index is 4.49. The Hall–Kier alpha value is 0.270. The lowest BCUT2D eigenvalue weighted by atomic mass is 10.1. The summed E-state index contributed by atoms with van der Waals surface area (Å²) in [6, 6.07) is 1.32. The highest BCUT2D eigenvalue weighted by Gasteiger charge is 2.26. The third-order valence-corrected chi connectivity index (χ3v) is 3.22. The maximum Gasteiger partial charge on any atom is 0.0502 e. The zero-order valence-corrected chi connectivity index (χ0v) is 10.1. The van der Waals surface area contributed by atoms with E-state index in [1.165, 1.54) is 13.1 Å². The average molecular weight is 202 g/mol. The van der Waals surface area contributed by atoms with Gasteiger partial charge in [0.2, 0.25) is 0 Å². The van der Waals surface area contributed by atoms with Gasteiger partial charge in [0, 0.05) is 31.7 Å². The van der Waals surface area contributed by atoms with Crippen LogP contribution in [0.5, 0.6) is 0 Å². The van der Waals surface area contributed by atoms with E-state index in [-0.39, 0.29) is 0 Å². The Morgan fingerprint density at radius 3 is 2.23 bits per heavy atom. The lowest BCUT2D eigenvalue weighted by Gasteiger charge is -2.43. The van der Waals surface area contributed by atoms with Gasteiger partial charge in [0.15, 0.2) is 0 Å². The van der Waals surface area contributed by atoms with Crippen LogP contribution in [0.25, 0.3) is 0 Å². The summed E-state index contributed by atoms with van der Waals surface area (Å²) in [4.78, 5) is 5.00. The third-order valence-electron chi connectivity index (χ3n) is 2.92. The van der Waals surface area contributed by atoms with E-state index >= 15 is 0 Å². The predicted octanol–water partition coefficient (Wildman–Crippen LogP) is 1.68. The van der Waals surface area contributed by atoms with Crippen molar-refractivity contribution in [1.82, 2.24) is 9.80 Å². The maximum atomic E-state index is 4.49. The van der Waals surface area contributed by atoms with Gasteiger partial charge in [-0.25, -0.2) is 0 Å². The van der Waals surface area contributed by atoms with Crippen LogP contribution in [-0.2, 0) is 0 Å². The van der Waals surface area contributed by atoms with Crippen molar-refractivity contribution in [3.8, 4) is 0 Å². The molecule has 78 valence electrons. The Morgan fingerprint density at radius 1 is 1.23 bits per heavy atom. The molecule has 1 aliphatic heterocycles. The lowest BCUT2D eigenvalue weighted by Crippen LogP contribution is -2.55. The zero-order valence-electron chi connectivity index (χ0n) is 9.20. The minimum atomic E-state index is 0.393. The Kier molecular flexibility index (Phi) is 4.07. The van der Waals surface area contributed by atoms with E-state index in [0.29, 0.717) is 17.5 Å². The fourth-order valence-corrected chi connectivity index (χ4v) is 2.37. The van der Waals surface area contributed by atoms with E-state index in [1.54, 1.807) is 0 Å². The fraction of sp³-hybridized carbons (Fsp3) is 1.00. The van der Waals surface area contributed by atoms with Crippen molar-refractivity contribution in [3.63, 3.8) is 0 Å². The Labute approximate surface area is 87.7 Å². The highest BCUT2D eigenvalue weighted by molar-refractivity contribution is 7.80. The summed E-state index contributed by atoms with van der Waals surface area (Å²) >= 11 is 4.49. The second-order valence-electron chi connectivity index (χ2n) is 4.31. The number of hydrogen-bond acceptors (Lipinski definition) is 3. The van der Waals surface area contributed by atoms with Crippen LogP contribution in [0.1, 0.15) is 27.7 Å². The molecule has 2 atom stereocenters. The minimum absolute atomic E-state index is 0.393. The molecule has 1 unspecified atom stereocenters. The van der Waals surface area contributed by atoms with Crippen molar-refractivity contribution in [2.45, 2.75) is 45.2 Å². The van der Waals surface area contributed by atoms with Crippen LogP contribution < -0.4 is 0 Å². The van der Waals surface area contributed by atoms with Gasteiger partial charge in [0.05, 0.1) is 5.37 Å². The summed E-state index contributed by atoms with van der Waals surface area (Å²) in [5.74, 6) is 0. The summed E-state index contributed by atoms with van der Waals surface area (Å²) in [5, 5.41) is 0.393. The quantitative estimate of drug-likeness (QED) is 0.681. The van der Waals surface area contributed by atoms with Gasteiger partial charge in [0.1, 0.15) is 0 Å². The lowest BCUT2D eigenvalue weighted by molar-refractivity contribution is 0.0614. The molecule has 3 heteroatoms. The molecule has 0 aliphatic carbocycles. The van der Waals surface area contributed by atoms with Crippen molar-refractivity contribution in [3.05, 3.63) is 0 Å². The Balaban J connectivity index is 2.46. The SMILES string of the molecule is CC(C)N1CCN(C(C)S)[C@H](C)C1. The van der Waals surface area contributed by atoms with E-state index < -0.39 is 0 Å². The number of thiol groups is 1. The number of piperazine rings is 1. The molecule has 13 heavy (non-hydrogen) atoms. The molecular weight excluding hydrogens is 180 g/mol. The molecule has 0 bridgehead atoms. The van der Waals surface area contributed by atoms with E-state index in [2.05, 4.69) is 50.1 Å². The second-order valence-corrected chi connectivity index (χ2v) is 5.05.